The lowest BCUT2D eigenvalue weighted by Crippen LogP contribution is -2.40. The Labute approximate surface area is 212 Å². The van der Waals surface area contributed by atoms with Gasteiger partial charge in [-0.1, -0.05) is 62.4 Å². The van der Waals surface area contributed by atoms with Crippen LogP contribution in [0.3, 0.4) is 0 Å². The third-order valence-corrected chi connectivity index (χ3v) is 6.52. The minimum atomic E-state index is -0.968. The third-order valence-electron chi connectivity index (χ3n) is 6.52. The Morgan fingerprint density at radius 1 is 0.865 bits per heavy atom. The van der Waals surface area contributed by atoms with Crippen LogP contribution >= 0.6 is 0 Å². The van der Waals surface area contributed by atoms with Gasteiger partial charge < -0.3 is 4.57 Å². The second kappa shape index (κ2) is 9.97. The van der Waals surface area contributed by atoms with Crippen molar-refractivity contribution in [3.63, 3.8) is 0 Å². The minimum Gasteiger partial charge on any atom is -0.320 e. The first kappa shape index (κ1) is 24.4. The number of aryl methyl sites for hydroxylation is 1. The lowest BCUT2D eigenvalue weighted by atomic mass is 10.0. The summed E-state index contributed by atoms with van der Waals surface area (Å²) in [6.45, 7) is 4.44. The fourth-order valence-corrected chi connectivity index (χ4v) is 4.46. The Bertz CT molecular complexity index is 1680. The maximum atomic E-state index is 13.8. The van der Waals surface area contributed by atoms with Crippen LogP contribution in [0.4, 0.5) is 8.78 Å². The number of aromatic nitrogens is 4. The zero-order valence-electron chi connectivity index (χ0n) is 20.6. The monoisotopic (exact) mass is 500 g/mol. The Hall–Kier alpha value is -4.33. The molecule has 6 nitrogen and oxygen atoms in total. The molecule has 5 aromatic rings. The zero-order valence-corrected chi connectivity index (χ0v) is 20.6. The molecule has 0 fully saturated rings. The van der Waals surface area contributed by atoms with E-state index in [9.17, 15) is 18.4 Å². The van der Waals surface area contributed by atoms with Crippen molar-refractivity contribution in [2.24, 2.45) is 0 Å². The Morgan fingerprint density at radius 2 is 1.59 bits per heavy atom. The topological polar surface area (TPSA) is 61.8 Å². The number of halogens is 2. The van der Waals surface area contributed by atoms with Crippen molar-refractivity contribution in [3.05, 3.63) is 128 Å². The van der Waals surface area contributed by atoms with Crippen LogP contribution in [0.15, 0.2) is 88.7 Å². The Kier molecular flexibility index (Phi) is 6.56. The van der Waals surface area contributed by atoms with Crippen LogP contribution < -0.4 is 11.2 Å². The lowest BCUT2D eigenvalue weighted by Gasteiger charge is -2.14. The van der Waals surface area contributed by atoms with Crippen molar-refractivity contribution in [3.8, 4) is 5.69 Å². The van der Waals surface area contributed by atoms with Gasteiger partial charge in [-0.05, 0) is 53.3 Å². The second-order valence-electron chi connectivity index (χ2n) is 9.35. The van der Waals surface area contributed by atoms with E-state index in [1.807, 2.05) is 54.6 Å². The van der Waals surface area contributed by atoms with Gasteiger partial charge in [0.05, 0.1) is 12.0 Å². The van der Waals surface area contributed by atoms with Gasteiger partial charge in [0.2, 0.25) is 0 Å². The van der Waals surface area contributed by atoms with Gasteiger partial charge in [-0.25, -0.2) is 23.1 Å². The molecule has 8 heteroatoms. The van der Waals surface area contributed by atoms with Crippen LogP contribution in [0.2, 0.25) is 0 Å². The van der Waals surface area contributed by atoms with Crippen LogP contribution in [-0.2, 0) is 19.5 Å². The molecule has 0 radical (unpaired) electrons. The first-order valence-corrected chi connectivity index (χ1v) is 12.1. The zero-order chi connectivity index (χ0) is 26.1. The van der Waals surface area contributed by atoms with E-state index in [1.165, 1.54) is 21.5 Å². The fourth-order valence-electron chi connectivity index (χ4n) is 4.46. The van der Waals surface area contributed by atoms with Crippen molar-refractivity contribution in [1.29, 1.82) is 0 Å². The Balaban J connectivity index is 1.67. The fraction of sp³-hybridized carbons (Fsp3) is 0.207. The first-order valence-electron chi connectivity index (χ1n) is 12.1. The molecule has 0 unspecified atom stereocenters. The molecular weight excluding hydrogens is 474 g/mol. The minimum absolute atomic E-state index is 0.0894. The first-order chi connectivity index (χ1) is 17.8. The second-order valence-corrected chi connectivity index (χ2v) is 9.35. The molecule has 0 aliphatic carbocycles. The predicted octanol–water partition coefficient (Wildman–Crippen LogP) is 5.04. The van der Waals surface area contributed by atoms with Gasteiger partial charge in [0.25, 0.3) is 5.56 Å². The van der Waals surface area contributed by atoms with E-state index in [2.05, 4.69) is 18.8 Å². The van der Waals surface area contributed by atoms with E-state index in [0.717, 1.165) is 23.3 Å². The van der Waals surface area contributed by atoms with Crippen molar-refractivity contribution in [2.75, 3.05) is 0 Å². The van der Waals surface area contributed by atoms with Gasteiger partial charge in [0, 0.05) is 13.1 Å². The molecule has 37 heavy (non-hydrogen) atoms. The summed E-state index contributed by atoms with van der Waals surface area (Å²) in [5, 5.41) is 0. The van der Waals surface area contributed by atoms with Crippen molar-refractivity contribution in [1.82, 2.24) is 18.7 Å². The van der Waals surface area contributed by atoms with E-state index in [4.69, 9.17) is 0 Å². The number of nitrogens with zero attached hydrogens (tertiary/aromatic N) is 4. The number of benzene rings is 3. The van der Waals surface area contributed by atoms with Crippen LogP contribution in [-0.4, -0.2) is 18.7 Å². The summed E-state index contributed by atoms with van der Waals surface area (Å²) in [7, 11) is 0. The molecule has 0 saturated heterocycles. The molecule has 5 rings (SSSR count). The van der Waals surface area contributed by atoms with Gasteiger partial charge in [-0.15, -0.1) is 0 Å². The number of fused-ring (bicyclic) bond motifs is 1. The predicted molar refractivity (Wildman–Crippen MR) is 139 cm³/mol. The third kappa shape index (κ3) is 4.74. The molecule has 2 aromatic heterocycles. The van der Waals surface area contributed by atoms with Gasteiger partial charge in [0.15, 0.2) is 22.8 Å². The standard InChI is InChI=1S/C29H26F2N4O2/c1-19(2)22-9-11-23(12-10-22)35-27-26(33(18-32-27)17-21-8-13-24(30)25(31)16-21)28(36)34(29(35)37)15-14-20-6-4-3-5-7-20/h3-13,16,18-19H,14-15,17H2,1-2H3. The number of rotatable bonds is 7. The highest BCUT2D eigenvalue weighted by molar-refractivity contribution is 5.72. The molecule has 0 atom stereocenters. The normalized spacial score (nSPS) is 11.5. The van der Waals surface area contributed by atoms with E-state index in [1.54, 1.807) is 4.57 Å². The van der Waals surface area contributed by atoms with Crippen LogP contribution in [0.1, 0.15) is 36.5 Å². The summed E-state index contributed by atoms with van der Waals surface area (Å²) in [4.78, 5) is 31.7. The van der Waals surface area contributed by atoms with E-state index in [-0.39, 0.29) is 24.3 Å². The summed E-state index contributed by atoms with van der Waals surface area (Å²) in [6.07, 6.45) is 1.94. The SMILES string of the molecule is CC(C)c1ccc(-n2c(=O)n(CCc3ccccc3)c(=O)c3c2ncn3Cc2ccc(F)c(F)c2)cc1. The average molecular weight is 501 g/mol. The van der Waals surface area contributed by atoms with E-state index in [0.29, 0.717) is 23.6 Å². The van der Waals surface area contributed by atoms with Crippen LogP contribution in [0, 0.1) is 11.6 Å². The molecule has 0 spiro atoms. The van der Waals surface area contributed by atoms with Crippen molar-refractivity contribution >= 4 is 11.2 Å². The van der Waals surface area contributed by atoms with Gasteiger partial charge in [-0.2, -0.15) is 0 Å². The molecule has 0 aliphatic rings. The number of hydrogen-bond donors (Lipinski definition) is 0. The lowest BCUT2D eigenvalue weighted by molar-refractivity contribution is 0.506. The van der Waals surface area contributed by atoms with Crippen molar-refractivity contribution < 1.29 is 8.78 Å². The summed E-state index contributed by atoms with van der Waals surface area (Å²) in [5.41, 5.74) is 2.63. The molecular formula is C29H26F2N4O2. The summed E-state index contributed by atoms with van der Waals surface area (Å²) >= 11 is 0. The van der Waals surface area contributed by atoms with Gasteiger partial charge >= 0.3 is 5.69 Å². The summed E-state index contributed by atoms with van der Waals surface area (Å²) < 4.78 is 31.5. The van der Waals surface area contributed by atoms with Gasteiger partial charge in [-0.3, -0.25) is 9.36 Å². The largest absolute Gasteiger partial charge is 0.337 e. The quantitative estimate of drug-likeness (QED) is 0.315. The van der Waals surface area contributed by atoms with Crippen LogP contribution in [0.5, 0.6) is 0 Å². The summed E-state index contributed by atoms with van der Waals surface area (Å²) in [6, 6.07) is 20.8. The summed E-state index contributed by atoms with van der Waals surface area (Å²) in [5.74, 6) is -1.59. The average Bonchev–Trinajstić information content (AvgIpc) is 3.30. The molecule has 0 saturated carbocycles. The molecule has 3 aromatic carbocycles. The highest BCUT2D eigenvalue weighted by Gasteiger charge is 2.20. The molecule has 0 amide bonds. The number of hydrogen-bond acceptors (Lipinski definition) is 3. The maximum Gasteiger partial charge on any atom is 0.337 e. The maximum absolute atomic E-state index is 13.8. The molecule has 188 valence electrons. The van der Waals surface area contributed by atoms with Crippen LogP contribution in [0.25, 0.3) is 16.9 Å². The van der Waals surface area contributed by atoms with E-state index >= 15 is 0 Å². The van der Waals surface area contributed by atoms with E-state index < -0.39 is 22.9 Å². The molecule has 2 heterocycles. The molecule has 0 bridgehead atoms. The highest BCUT2D eigenvalue weighted by Crippen LogP contribution is 2.19. The molecule has 0 aliphatic heterocycles. The number of imidazole rings is 1. The highest BCUT2D eigenvalue weighted by atomic mass is 19.2. The van der Waals surface area contributed by atoms with Crippen molar-refractivity contribution in [2.45, 2.75) is 39.3 Å². The smallest absolute Gasteiger partial charge is 0.320 e. The molecule has 0 N–H and O–H groups in total. The Morgan fingerprint density at radius 3 is 2.27 bits per heavy atom. The van der Waals surface area contributed by atoms with Gasteiger partial charge in [0.1, 0.15) is 0 Å².